The summed E-state index contributed by atoms with van der Waals surface area (Å²) >= 11 is 5.68. The lowest BCUT2D eigenvalue weighted by Crippen LogP contribution is -2.27. The van der Waals surface area contributed by atoms with Gasteiger partial charge in [-0.3, -0.25) is 14.6 Å². The number of hydrogen-bond donors (Lipinski definition) is 1. The van der Waals surface area contributed by atoms with Gasteiger partial charge in [0.15, 0.2) is 0 Å². The van der Waals surface area contributed by atoms with Gasteiger partial charge in [-0.05, 0) is 30.2 Å². The first-order chi connectivity index (χ1) is 15.0. The summed E-state index contributed by atoms with van der Waals surface area (Å²) < 4.78 is 0. The number of likely N-dealkylation sites (N-methyl/N-ethyl adjacent to an activating group) is 1. The maximum atomic E-state index is 12.0. The van der Waals surface area contributed by atoms with Crippen molar-refractivity contribution in [2.75, 3.05) is 18.5 Å². The molecule has 2 amide bonds. The summed E-state index contributed by atoms with van der Waals surface area (Å²) in [6.45, 7) is 0.190. The normalized spacial score (nSPS) is 12.8. The quantitative estimate of drug-likeness (QED) is 0.667. The number of nitrogens with two attached hydrogens (primary N) is 1. The van der Waals surface area contributed by atoms with Crippen molar-refractivity contribution in [2.45, 2.75) is 12.8 Å². The molecule has 0 saturated carbocycles. The van der Waals surface area contributed by atoms with E-state index < -0.39 is 0 Å². The number of benzodiazepines with no additional fused rings is 1. The minimum absolute atomic E-state index is 0.0124. The average Bonchev–Trinajstić information content (AvgIpc) is 2.91. The van der Waals surface area contributed by atoms with E-state index in [9.17, 15) is 9.59 Å². The minimum Gasteiger partial charge on any atom is -0.370 e. The van der Waals surface area contributed by atoms with Crippen LogP contribution in [0.3, 0.4) is 0 Å². The number of primary amides is 1. The zero-order valence-corrected chi connectivity index (χ0v) is 18.0. The minimum atomic E-state index is -0.273. The van der Waals surface area contributed by atoms with Gasteiger partial charge in [-0.25, -0.2) is 0 Å². The van der Waals surface area contributed by atoms with E-state index in [0.717, 1.165) is 28.1 Å². The maximum Gasteiger partial charge on any atom is 0.248 e. The van der Waals surface area contributed by atoms with Crippen LogP contribution in [0, 0.1) is 0 Å². The highest BCUT2D eigenvalue weighted by Crippen LogP contribution is 2.25. The summed E-state index contributed by atoms with van der Waals surface area (Å²) in [5, 5.41) is 0.706. The Morgan fingerprint density at radius 2 is 1.65 bits per heavy atom. The molecule has 0 aromatic heterocycles. The van der Waals surface area contributed by atoms with Crippen LogP contribution in [0.15, 0.2) is 83.9 Å². The molecule has 2 N–H and O–H groups in total. The molecule has 0 radical (unpaired) electrons. The summed E-state index contributed by atoms with van der Waals surface area (Å²) in [6, 6.07) is 25.3. The van der Waals surface area contributed by atoms with E-state index in [-0.39, 0.29) is 18.4 Å². The number of aliphatic imine (C=N–C) groups is 1. The Bertz CT molecular complexity index is 1080. The van der Waals surface area contributed by atoms with Crippen molar-refractivity contribution in [1.82, 2.24) is 0 Å². The van der Waals surface area contributed by atoms with E-state index >= 15 is 0 Å². The highest BCUT2D eigenvalue weighted by molar-refractivity contribution is 6.30. The number of anilines is 1. The van der Waals surface area contributed by atoms with Crippen molar-refractivity contribution in [3.05, 3.63) is 101 Å². The second-order valence-electron chi connectivity index (χ2n) is 7.09. The Hall–Kier alpha value is -3.44. The van der Waals surface area contributed by atoms with E-state index in [1.165, 1.54) is 0 Å². The van der Waals surface area contributed by atoms with E-state index in [1.807, 2.05) is 66.7 Å². The van der Waals surface area contributed by atoms with E-state index in [4.69, 9.17) is 17.3 Å². The molecule has 3 aromatic rings. The number of aryl methyl sites for hydroxylation is 1. The molecule has 31 heavy (non-hydrogen) atoms. The van der Waals surface area contributed by atoms with Crippen LogP contribution in [0.4, 0.5) is 5.69 Å². The van der Waals surface area contributed by atoms with Gasteiger partial charge < -0.3 is 10.6 Å². The van der Waals surface area contributed by atoms with Crippen LogP contribution in [0.1, 0.15) is 23.1 Å². The molecular weight excluding hydrogens is 410 g/mol. The Kier molecular flexibility index (Phi) is 7.57. The third-order valence-corrected chi connectivity index (χ3v) is 5.14. The zero-order chi connectivity index (χ0) is 22.2. The van der Waals surface area contributed by atoms with Crippen molar-refractivity contribution in [1.29, 1.82) is 0 Å². The number of hydrogen-bond acceptors (Lipinski definition) is 3. The first kappa shape index (κ1) is 22.2. The molecule has 6 heteroatoms. The predicted octanol–water partition coefficient (Wildman–Crippen LogP) is 4.26. The summed E-state index contributed by atoms with van der Waals surface area (Å²) in [6.07, 6.45) is 1.08. The van der Waals surface area contributed by atoms with Gasteiger partial charge in [0.1, 0.15) is 6.54 Å². The summed E-state index contributed by atoms with van der Waals surface area (Å²) in [4.78, 5) is 28.6. The lowest BCUT2D eigenvalue weighted by atomic mass is 10.0. The van der Waals surface area contributed by atoms with Gasteiger partial charge in [-0.2, -0.15) is 0 Å². The third-order valence-electron chi connectivity index (χ3n) is 4.89. The van der Waals surface area contributed by atoms with Gasteiger partial charge in [0, 0.05) is 29.6 Å². The van der Waals surface area contributed by atoms with Gasteiger partial charge in [-0.1, -0.05) is 72.3 Å². The number of halogens is 1. The van der Waals surface area contributed by atoms with Crippen molar-refractivity contribution in [3.63, 3.8) is 0 Å². The number of nitrogens with zero attached hydrogens (tertiary/aromatic N) is 2. The second kappa shape index (κ2) is 10.5. The number of fused-ring (bicyclic) bond motifs is 1. The molecule has 1 heterocycles. The Morgan fingerprint density at radius 1 is 1.00 bits per heavy atom. The lowest BCUT2D eigenvalue weighted by Gasteiger charge is -2.17. The second-order valence-corrected chi connectivity index (χ2v) is 7.53. The molecule has 0 fully saturated rings. The molecule has 0 unspecified atom stereocenters. The SMILES string of the molecule is CN1C(=O)CN=C(c2ccccc2)c2ccccc21.NC(=O)CCc1ccc(Cl)cc1. The van der Waals surface area contributed by atoms with Gasteiger partial charge in [-0.15, -0.1) is 0 Å². The van der Waals surface area contributed by atoms with Gasteiger partial charge in [0.05, 0.1) is 11.4 Å². The topological polar surface area (TPSA) is 75.8 Å². The summed E-state index contributed by atoms with van der Waals surface area (Å²) in [7, 11) is 1.80. The molecule has 0 atom stereocenters. The fraction of sp³-hybridized carbons (Fsp3) is 0.160. The van der Waals surface area contributed by atoms with Crippen LogP contribution in [-0.4, -0.2) is 31.1 Å². The van der Waals surface area contributed by atoms with Gasteiger partial charge >= 0.3 is 0 Å². The van der Waals surface area contributed by atoms with Crippen LogP contribution in [0.5, 0.6) is 0 Å². The maximum absolute atomic E-state index is 12.0. The predicted molar refractivity (Wildman–Crippen MR) is 126 cm³/mol. The highest BCUT2D eigenvalue weighted by Gasteiger charge is 2.21. The average molecular weight is 434 g/mol. The van der Waals surface area contributed by atoms with Crippen LogP contribution in [0.25, 0.3) is 0 Å². The molecule has 0 saturated heterocycles. The Morgan fingerprint density at radius 3 is 2.32 bits per heavy atom. The zero-order valence-electron chi connectivity index (χ0n) is 17.3. The number of para-hydroxylation sites is 1. The lowest BCUT2D eigenvalue weighted by molar-refractivity contribution is -0.118. The standard InChI is InChI=1S/C16H14N2O.C9H10ClNO/c1-18-14-10-6-5-9-13(14)16(17-11-15(18)19)12-7-3-2-4-8-12;10-8-4-1-7(2-5-8)3-6-9(11)12/h2-10H,11H2,1H3;1-2,4-5H,3,6H2,(H2,11,12). The largest absolute Gasteiger partial charge is 0.370 e. The van der Waals surface area contributed by atoms with Gasteiger partial charge in [0.25, 0.3) is 0 Å². The number of carbonyl (C=O) groups excluding carboxylic acids is 2. The van der Waals surface area contributed by atoms with Crippen LogP contribution in [0.2, 0.25) is 5.02 Å². The monoisotopic (exact) mass is 433 g/mol. The molecule has 1 aliphatic heterocycles. The summed E-state index contributed by atoms with van der Waals surface area (Å²) in [5.74, 6) is -0.261. The molecule has 3 aromatic carbocycles. The van der Waals surface area contributed by atoms with Crippen LogP contribution >= 0.6 is 11.6 Å². The third kappa shape index (κ3) is 6.03. The van der Waals surface area contributed by atoms with Crippen molar-refractivity contribution in [2.24, 2.45) is 10.7 Å². The molecule has 1 aliphatic rings. The first-order valence-electron chi connectivity index (χ1n) is 9.94. The van der Waals surface area contributed by atoms with Crippen molar-refractivity contribution >= 4 is 34.8 Å². The fourth-order valence-electron chi connectivity index (χ4n) is 3.20. The number of amides is 2. The molecular formula is C25H24ClN3O2. The molecule has 0 spiro atoms. The van der Waals surface area contributed by atoms with Crippen molar-refractivity contribution in [3.8, 4) is 0 Å². The molecule has 0 bridgehead atoms. The Balaban J connectivity index is 0.000000196. The number of carbonyl (C=O) groups is 2. The van der Waals surface area contributed by atoms with Gasteiger partial charge in [0.2, 0.25) is 11.8 Å². The van der Waals surface area contributed by atoms with Crippen molar-refractivity contribution < 1.29 is 9.59 Å². The number of rotatable bonds is 4. The van der Waals surface area contributed by atoms with E-state index in [2.05, 4.69) is 4.99 Å². The molecule has 4 rings (SSSR count). The van der Waals surface area contributed by atoms with Crippen LogP contribution < -0.4 is 10.6 Å². The highest BCUT2D eigenvalue weighted by atomic mass is 35.5. The van der Waals surface area contributed by atoms with E-state index in [0.29, 0.717) is 17.9 Å². The molecule has 0 aliphatic carbocycles. The first-order valence-corrected chi connectivity index (χ1v) is 10.3. The smallest absolute Gasteiger partial charge is 0.248 e. The fourth-order valence-corrected chi connectivity index (χ4v) is 3.33. The Labute approximate surface area is 187 Å². The molecule has 158 valence electrons. The van der Waals surface area contributed by atoms with Crippen LogP contribution in [-0.2, 0) is 16.0 Å². The summed E-state index contributed by atoms with van der Waals surface area (Å²) in [5.41, 5.74) is 9.92. The number of benzene rings is 3. The molecule has 5 nitrogen and oxygen atoms in total. The van der Waals surface area contributed by atoms with E-state index in [1.54, 1.807) is 24.1 Å².